The summed E-state index contributed by atoms with van der Waals surface area (Å²) in [5.74, 6) is -0.393. The van der Waals surface area contributed by atoms with Crippen molar-refractivity contribution in [1.82, 2.24) is 0 Å². The van der Waals surface area contributed by atoms with Gasteiger partial charge >= 0.3 is 5.97 Å². The van der Waals surface area contributed by atoms with Crippen LogP contribution in [0, 0.1) is 0 Å². The van der Waals surface area contributed by atoms with Gasteiger partial charge in [-0.15, -0.1) is 0 Å². The van der Waals surface area contributed by atoms with E-state index in [2.05, 4.69) is 62.5 Å². The van der Waals surface area contributed by atoms with E-state index in [-0.39, 0.29) is 19.6 Å². The number of rotatable bonds is 43. The molecular weight excluding hydrogens is 885 g/mol. The maximum Gasteiger partial charge on any atom is 0.306 e. The van der Waals surface area contributed by atoms with E-state index >= 15 is 0 Å². The van der Waals surface area contributed by atoms with E-state index in [1.807, 2.05) is 0 Å². The third-order valence-corrected chi connectivity index (χ3v) is 12.8. The summed E-state index contributed by atoms with van der Waals surface area (Å²) in [4.78, 5) is 13.0. The topological polar surface area (TPSA) is 214 Å². The van der Waals surface area contributed by atoms with Crippen molar-refractivity contribution in [3.8, 4) is 0 Å². The lowest BCUT2D eigenvalue weighted by molar-refractivity contribution is -0.332. The molecule has 0 radical (unpaired) electrons. The van der Waals surface area contributed by atoms with Crippen LogP contribution in [0.15, 0.2) is 48.6 Å². The molecule has 402 valence electrons. The van der Waals surface area contributed by atoms with Crippen molar-refractivity contribution in [3.05, 3.63) is 48.6 Å². The summed E-state index contributed by atoms with van der Waals surface area (Å²) in [7, 11) is 0. The molecule has 2 aliphatic rings. The Morgan fingerprint density at radius 1 is 0.493 bits per heavy atom. The third-order valence-electron chi connectivity index (χ3n) is 12.8. The van der Waals surface area contributed by atoms with Gasteiger partial charge in [0.25, 0.3) is 0 Å². The fourth-order valence-electron chi connectivity index (χ4n) is 8.41. The van der Waals surface area contributed by atoms with Crippen LogP contribution >= 0.6 is 0 Å². The van der Waals surface area contributed by atoms with Crippen LogP contribution in [-0.2, 0) is 33.2 Å². The Kier molecular flexibility index (Phi) is 38.8. The molecule has 0 aliphatic carbocycles. The first-order valence-corrected chi connectivity index (χ1v) is 27.2. The molecule has 0 aromatic heterocycles. The minimum Gasteiger partial charge on any atom is -0.457 e. The molecule has 2 rings (SSSR count). The molecule has 11 unspecified atom stereocenters. The number of ether oxygens (including phenoxy) is 6. The molecule has 0 amide bonds. The summed E-state index contributed by atoms with van der Waals surface area (Å²) in [6.45, 7) is 3.55. The van der Waals surface area contributed by atoms with E-state index in [9.17, 15) is 40.5 Å². The van der Waals surface area contributed by atoms with Crippen molar-refractivity contribution in [1.29, 1.82) is 0 Å². The highest BCUT2D eigenvalue weighted by Gasteiger charge is 2.47. The van der Waals surface area contributed by atoms with Gasteiger partial charge in [0.15, 0.2) is 12.6 Å². The highest BCUT2D eigenvalue weighted by Crippen LogP contribution is 2.26. The molecule has 0 aromatic rings. The molecule has 7 N–H and O–H groups in total. The van der Waals surface area contributed by atoms with Crippen molar-refractivity contribution >= 4 is 5.97 Å². The molecule has 0 saturated carbocycles. The number of unbranched alkanes of at least 4 members (excludes halogenated alkanes) is 21. The molecule has 14 heteroatoms. The molecular formula is C55H98O14. The molecule has 2 saturated heterocycles. The first-order valence-electron chi connectivity index (χ1n) is 27.2. The number of carbonyl (C=O) groups is 1. The molecule has 2 fully saturated rings. The summed E-state index contributed by atoms with van der Waals surface area (Å²) in [6, 6.07) is 0. The van der Waals surface area contributed by atoms with E-state index in [0.29, 0.717) is 13.0 Å². The van der Waals surface area contributed by atoms with Crippen molar-refractivity contribution in [2.75, 3.05) is 33.0 Å². The van der Waals surface area contributed by atoms with Gasteiger partial charge in [-0.05, 0) is 70.6 Å². The molecule has 69 heavy (non-hydrogen) atoms. The molecule has 0 spiro atoms. The highest BCUT2D eigenvalue weighted by molar-refractivity contribution is 5.69. The van der Waals surface area contributed by atoms with Crippen LogP contribution in [0.1, 0.15) is 194 Å². The second kappa shape index (κ2) is 42.5. The molecule has 0 bridgehead atoms. The first-order chi connectivity index (χ1) is 33.6. The van der Waals surface area contributed by atoms with Gasteiger partial charge in [-0.2, -0.15) is 0 Å². The SMILES string of the molecule is CC/C=C\C/C=C\C/C=C\CCCCCCCC(=O)OC(COCCCCCCCCCCCC/C=C\CCCCCCCC)COC1OC(COC2OC(CO)C(O)C(O)C2O)C(O)C(O)C1O. The minimum atomic E-state index is -1.71. The number of aliphatic hydroxyl groups is 7. The molecule has 11 atom stereocenters. The van der Waals surface area contributed by atoms with Crippen LogP contribution < -0.4 is 0 Å². The van der Waals surface area contributed by atoms with E-state index < -0.39 is 86.7 Å². The zero-order valence-corrected chi connectivity index (χ0v) is 42.8. The Balaban J connectivity index is 1.74. The second-order valence-electron chi connectivity index (χ2n) is 19.0. The van der Waals surface area contributed by atoms with Gasteiger partial charge < -0.3 is 64.2 Å². The van der Waals surface area contributed by atoms with Crippen molar-refractivity contribution in [2.45, 2.75) is 261 Å². The van der Waals surface area contributed by atoms with Gasteiger partial charge in [-0.25, -0.2) is 0 Å². The van der Waals surface area contributed by atoms with E-state index in [4.69, 9.17) is 28.4 Å². The average Bonchev–Trinajstić information content (AvgIpc) is 3.35. The third kappa shape index (κ3) is 29.9. The van der Waals surface area contributed by atoms with Crippen molar-refractivity contribution in [2.24, 2.45) is 0 Å². The van der Waals surface area contributed by atoms with Crippen LogP contribution in [0.2, 0.25) is 0 Å². The lowest BCUT2D eigenvalue weighted by atomic mass is 9.98. The van der Waals surface area contributed by atoms with Gasteiger partial charge in [-0.3, -0.25) is 4.79 Å². The number of hydrogen-bond donors (Lipinski definition) is 7. The largest absolute Gasteiger partial charge is 0.457 e. The van der Waals surface area contributed by atoms with Gasteiger partial charge in [-0.1, -0.05) is 165 Å². The smallest absolute Gasteiger partial charge is 0.306 e. The quantitative estimate of drug-likeness (QED) is 0.0173. The molecule has 2 heterocycles. The maximum absolute atomic E-state index is 13.0. The van der Waals surface area contributed by atoms with Gasteiger partial charge in [0.2, 0.25) is 0 Å². The standard InChI is InChI=1S/C55H98O14/c1-3-5-7-9-11-13-15-17-19-20-21-22-23-25-27-29-31-33-35-37-39-64-41-44(67-47(57)38-36-34-32-30-28-26-24-18-16-14-12-10-8-6-4-2)42-65-54-53(63)51(61)49(59)46(69-54)43-66-55-52(62)50(60)48(58)45(40-56)68-55/h6,8,12,14,17-19,24,44-46,48-56,58-63H,3-5,7,9-11,13,15-16,20-23,25-43H2,1-2H3/b8-6-,14-12-,19-17-,24-18-. The summed E-state index contributed by atoms with van der Waals surface area (Å²) < 4.78 is 34.3. The summed E-state index contributed by atoms with van der Waals surface area (Å²) in [5.41, 5.74) is 0. The van der Waals surface area contributed by atoms with Gasteiger partial charge in [0, 0.05) is 13.0 Å². The van der Waals surface area contributed by atoms with E-state index in [0.717, 1.165) is 70.6 Å². The number of hydrogen-bond acceptors (Lipinski definition) is 14. The van der Waals surface area contributed by atoms with Crippen molar-refractivity contribution < 1.29 is 69.0 Å². The highest BCUT2D eigenvalue weighted by atomic mass is 16.7. The predicted molar refractivity (Wildman–Crippen MR) is 270 cm³/mol. The predicted octanol–water partition coefficient (Wildman–Crippen LogP) is 8.74. The van der Waals surface area contributed by atoms with Crippen LogP contribution in [0.25, 0.3) is 0 Å². The number of allylic oxidation sites excluding steroid dienone is 8. The Morgan fingerprint density at radius 2 is 0.942 bits per heavy atom. The monoisotopic (exact) mass is 983 g/mol. The van der Waals surface area contributed by atoms with E-state index in [1.54, 1.807) is 0 Å². The zero-order chi connectivity index (χ0) is 50.2. The fraction of sp³-hybridized carbons (Fsp3) is 0.836. The Morgan fingerprint density at radius 3 is 1.49 bits per heavy atom. The zero-order valence-electron chi connectivity index (χ0n) is 42.8. The summed E-state index contributed by atoms with van der Waals surface area (Å²) >= 11 is 0. The van der Waals surface area contributed by atoms with Crippen LogP contribution in [0.4, 0.5) is 0 Å². The van der Waals surface area contributed by atoms with Crippen LogP contribution in [0.5, 0.6) is 0 Å². The van der Waals surface area contributed by atoms with Gasteiger partial charge in [0.05, 0.1) is 26.4 Å². The number of esters is 1. The van der Waals surface area contributed by atoms with Crippen LogP contribution in [-0.4, -0.2) is 142 Å². The molecule has 14 nitrogen and oxygen atoms in total. The Bertz CT molecular complexity index is 1320. The maximum atomic E-state index is 13.0. The van der Waals surface area contributed by atoms with E-state index in [1.165, 1.54) is 96.3 Å². The van der Waals surface area contributed by atoms with Gasteiger partial charge in [0.1, 0.15) is 54.9 Å². The Hall–Kier alpha value is -2.05. The Labute approximate surface area is 416 Å². The number of aliphatic hydroxyl groups excluding tert-OH is 7. The minimum absolute atomic E-state index is 0.0531. The number of carbonyl (C=O) groups excluding carboxylic acids is 1. The summed E-state index contributed by atoms with van der Waals surface area (Å²) in [5, 5.41) is 72.2. The van der Waals surface area contributed by atoms with Crippen LogP contribution in [0.3, 0.4) is 0 Å². The normalized spacial score (nSPS) is 26.0. The lowest BCUT2D eigenvalue weighted by Crippen LogP contribution is -2.61. The van der Waals surface area contributed by atoms with Crippen molar-refractivity contribution in [3.63, 3.8) is 0 Å². The lowest BCUT2D eigenvalue weighted by Gasteiger charge is -2.42. The first kappa shape index (κ1) is 63.1. The average molecular weight is 983 g/mol. The second-order valence-corrected chi connectivity index (χ2v) is 19.0. The molecule has 2 aliphatic heterocycles. The summed E-state index contributed by atoms with van der Waals surface area (Å²) in [6.07, 6.45) is 33.1. The molecule has 0 aromatic carbocycles. The fourth-order valence-corrected chi connectivity index (χ4v) is 8.41.